The highest BCUT2D eigenvalue weighted by molar-refractivity contribution is 8.03. The molecule has 1 N–H and O–H groups in total. The van der Waals surface area contributed by atoms with E-state index in [-0.39, 0.29) is 11.7 Å². The molecule has 0 spiro atoms. The Kier molecular flexibility index (Phi) is 3.95. The predicted octanol–water partition coefficient (Wildman–Crippen LogP) is 3.01. The zero-order valence-corrected chi connectivity index (χ0v) is 12.0. The van der Waals surface area contributed by atoms with Crippen LogP contribution in [0.4, 0.5) is 11.4 Å². The zero-order valence-electron chi connectivity index (χ0n) is 11.2. The second kappa shape index (κ2) is 5.48. The molecule has 0 aromatic heterocycles. The van der Waals surface area contributed by atoms with Crippen LogP contribution >= 0.6 is 11.8 Å². The summed E-state index contributed by atoms with van der Waals surface area (Å²) in [5.41, 5.74) is 1.81. The first kappa shape index (κ1) is 13.7. The van der Waals surface area contributed by atoms with Gasteiger partial charge in [0.15, 0.2) is 5.78 Å². The Bertz CT molecular complexity index is 567. The first-order valence-electron chi connectivity index (χ1n) is 6.10. The first-order valence-corrected chi connectivity index (χ1v) is 6.92. The number of hydrogen-bond donors (Lipinski definition) is 1. The van der Waals surface area contributed by atoms with Crippen molar-refractivity contribution >= 4 is 34.8 Å². The van der Waals surface area contributed by atoms with Crippen molar-refractivity contribution in [3.05, 3.63) is 29.3 Å². The molecule has 19 heavy (non-hydrogen) atoms. The van der Waals surface area contributed by atoms with Gasteiger partial charge in [-0.1, -0.05) is 11.8 Å². The maximum Gasteiger partial charge on any atom is 0.221 e. The molecule has 0 saturated carbocycles. The fourth-order valence-electron chi connectivity index (χ4n) is 1.99. The van der Waals surface area contributed by atoms with Gasteiger partial charge in [-0.25, -0.2) is 0 Å². The van der Waals surface area contributed by atoms with Crippen LogP contribution in [0.2, 0.25) is 0 Å². The lowest BCUT2D eigenvalue weighted by Gasteiger charge is -2.18. The molecule has 0 aliphatic carbocycles. The molecule has 1 aliphatic heterocycles. The van der Waals surface area contributed by atoms with Crippen LogP contribution in [0.5, 0.6) is 0 Å². The maximum absolute atomic E-state index is 11.3. The van der Waals surface area contributed by atoms with Crippen LogP contribution in [0.3, 0.4) is 0 Å². The molecule has 0 fully saturated rings. The Morgan fingerprint density at radius 3 is 2.68 bits per heavy atom. The SMILES string of the molecule is CCN1C(=CC(C)=O)Sc2ccc(NC(C)=O)cc21. The molecule has 0 unspecified atom stereocenters. The molecular formula is C14H16N2O2S. The second-order valence-corrected chi connectivity index (χ2v) is 5.37. The molecule has 1 aliphatic rings. The van der Waals surface area contributed by atoms with E-state index in [1.807, 2.05) is 25.1 Å². The fourth-order valence-corrected chi connectivity index (χ4v) is 3.19. The van der Waals surface area contributed by atoms with Crippen molar-refractivity contribution < 1.29 is 9.59 Å². The van der Waals surface area contributed by atoms with Crippen LogP contribution < -0.4 is 10.2 Å². The average molecular weight is 276 g/mol. The summed E-state index contributed by atoms with van der Waals surface area (Å²) in [6, 6.07) is 5.78. The predicted molar refractivity (Wildman–Crippen MR) is 78.4 cm³/mol. The summed E-state index contributed by atoms with van der Waals surface area (Å²) in [6.45, 7) is 5.85. The van der Waals surface area contributed by atoms with Gasteiger partial charge in [0.2, 0.25) is 5.91 Å². The first-order chi connectivity index (χ1) is 9.01. The highest BCUT2D eigenvalue weighted by Crippen LogP contribution is 2.46. The molecule has 1 amide bonds. The molecule has 2 rings (SSSR count). The summed E-state index contributed by atoms with van der Waals surface area (Å²) >= 11 is 1.58. The Hall–Kier alpha value is -1.75. The summed E-state index contributed by atoms with van der Waals surface area (Å²) in [5, 5.41) is 3.71. The van der Waals surface area contributed by atoms with E-state index in [0.29, 0.717) is 0 Å². The molecule has 0 saturated heterocycles. The summed E-state index contributed by atoms with van der Waals surface area (Å²) in [4.78, 5) is 25.5. The lowest BCUT2D eigenvalue weighted by Crippen LogP contribution is -2.17. The molecule has 0 bridgehead atoms. The number of benzene rings is 1. The monoisotopic (exact) mass is 276 g/mol. The van der Waals surface area contributed by atoms with Gasteiger partial charge < -0.3 is 10.2 Å². The Balaban J connectivity index is 2.37. The largest absolute Gasteiger partial charge is 0.335 e. The third-order valence-corrected chi connectivity index (χ3v) is 3.81. The number of hydrogen-bond acceptors (Lipinski definition) is 4. The van der Waals surface area contributed by atoms with Crippen molar-refractivity contribution in [2.45, 2.75) is 25.7 Å². The third kappa shape index (κ3) is 2.98. The molecule has 1 aromatic rings. The van der Waals surface area contributed by atoms with Crippen molar-refractivity contribution in [3.63, 3.8) is 0 Å². The summed E-state index contributed by atoms with van der Waals surface area (Å²) in [6.07, 6.45) is 1.65. The van der Waals surface area contributed by atoms with Gasteiger partial charge in [0.1, 0.15) is 0 Å². The zero-order chi connectivity index (χ0) is 14.0. The Morgan fingerprint density at radius 2 is 2.11 bits per heavy atom. The van der Waals surface area contributed by atoms with Crippen LogP contribution in [0, 0.1) is 0 Å². The van der Waals surface area contributed by atoms with Crippen molar-refractivity contribution in [2.24, 2.45) is 0 Å². The van der Waals surface area contributed by atoms with E-state index in [2.05, 4.69) is 10.2 Å². The highest BCUT2D eigenvalue weighted by Gasteiger charge is 2.24. The van der Waals surface area contributed by atoms with Crippen molar-refractivity contribution in [2.75, 3.05) is 16.8 Å². The number of allylic oxidation sites excluding steroid dienone is 1. The normalized spacial score (nSPS) is 15.5. The number of ketones is 1. The average Bonchev–Trinajstić information content (AvgIpc) is 2.63. The number of thioether (sulfide) groups is 1. The van der Waals surface area contributed by atoms with Crippen molar-refractivity contribution in [3.8, 4) is 0 Å². The molecule has 0 atom stereocenters. The van der Waals surface area contributed by atoms with Gasteiger partial charge >= 0.3 is 0 Å². The lowest BCUT2D eigenvalue weighted by atomic mass is 10.2. The van der Waals surface area contributed by atoms with Gasteiger partial charge in [0.05, 0.1) is 10.7 Å². The number of carbonyl (C=O) groups is 2. The van der Waals surface area contributed by atoms with Crippen molar-refractivity contribution in [1.82, 2.24) is 0 Å². The topological polar surface area (TPSA) is 49.4 Å². The summed E-state index contributed by atoms with van der Waals surface area (Å²) < 4.78 is 0. The highest BCUT2D eigenvalue weighted by atomic mass is 32.2. The van der Waals surface area contributed by atoms with E-state index in [9.17, 15) is 9.59 Å². The van der Waals surface area contributed by atoms with Crippen LogP contribution in [-0.2, 0) is 9.59 Å². The minimum absolute atomic E-state index is 0.0378. The number of fused-ring (bicyclic) bond motifs is 1. The van der Waals surface area contributed by atoms with Gasteiger partial charge in [0, 0.05) is 30.1 Å². The van der Waals surface area contributed by atoms with E-state index in [1.54, 1.807) is 24.8 Å². The molecule has 1 aromatic carbocycles. The molecule has 0 radical (unpaired) electrons. The van der Waals surface area contributed by atoms with E-state index in [4.69, 9.17) is 0 Å². The van der Waals surface area contributed by atoms with Crippen LogP contribution in [0.1, 0.15) is 20.8 Å². The molecule has 4 nitrogen and oxygen atoms in total. The number of rotatable bonds is 3. The van der Waals surface area contributed by atoms with E-state index in [1.165, 1.54) is 6.92 Å². The Morgan fingerprint density at radius 1 is 1.37 bits per heavy atom. The number of carbonyl (C=O) groups excluding carboxylic acids is 2. The van der Waals surface area contributed by atoms with E-state index < -0.39 is 0 Å². The molecule has 1 heterocycles. The van der Waals surface area contributed by atoms with Gasteiger partial charge in [-0.2, -0.15) is 0 Å². The van der Waals surface area contributed by atoms with Gasteiger partial charge in [-0.3, -0.25) is 9.59 Å². The van der Waals surface area contributed by atoms with Gasteiger partial charge in [0.25, 0.3) is 0 Å². The quantitative estimate of drug-likeness (QED) is 0.862. The van der Waals surface area contributed by atoms with Gasteiger partial charge in [-0.05, 0) is 32.0 Å². The minimum atomic E-state index is -0.0897. The second-order valence-electron chi connectivity index (χ2n) is 4.30. The number of nitrogens with one attached hydrogen (secondary N) is 1. The Labute approximate surface area is 116 Å². The summed E-state index contributed by atoms with van der Waals surface area (Å²) in [5.74, 6) is -0.0519. The van der Waals surface area contributed by atoms with Crippen LogP contribution in [0.25, 0.3) is 0 Å². The number of anilines is 2. The smallest absolute Gasteiger partial charge is 0.221 e. The number of nitrogens with zero attached hydrogens (tertiary/aromatic N) is 1. The summed E-state index contributed by atoms with van der Waals surface area (Å²) in [7, 11) is 0. The van der Waals surface area contributed by atoms with Gasteiger partial charge in [-0.15, -0.1) is 0 Å². The van der Waals surface area contributed by atoms with Crippen LogP contribution in [0.15, 0.2) is 34.2 Å². The maximum atomic E-state index is 11.3. The van der Waals surface area contributed by atoms with E-state index >= 15 is 0 Å². The van der Waals surface area contributed by atoms with E-state index in [0.717, 1.165) is 27.8 Å². The standard InChI is InChI=1S/C14H16N2O2S/c1-4-16-12-8-11(15-10(3)18)5-6-13(12)19-14(16)7-9(2)17/h5-8H,4H2,1-3H3,(H,15,18). The molecular weight excluding hydrogens is 260 g/mol. The van der Waals surface area contributed by atoms with Crippen molar-refractivity contribution in [1.29, 1.82) is 0 Å². The molecule has 100 valence electrons. The number of amides is 1. The molecule has 5 heteroatoms. The third-order valence-electron chi connectivity index (χ3n) is 2.69. The minimum Gasteiger partial charge on any atom is -0.335 e. The lowest BCUT2D eigenvalue weighted by molar-refractivity contribution is -0.114. The fraction of sp³-hybridized carbons (Fsp3) is 0.286. The van der Waals surface area contributed by atoms with Crippen LogP contribution in [-0.4, -0.2) is 18.2 Å².